The maximum atomic E-state index is 12.7. The highest BCUT2D eigenvalue weighted by atomic mass is 16.8. The van der Waals surface area contributed by atoms with E-state index in [4.69, 9.17) is 9.47 Å². The molecular formula is C16H26N2O6. The lowest BCUT2D eigenvalue weighted by atomic mass is 10.1. The molecule has 8 nitrogen and oxygen atoms in total. The second-order valence-corrected chi connectivity index (χ2v) is 8.78. The third-order valence-electron chi connectivity index (χ3n) is 4.94. The van der Waals surface area contributed by atoms with Gasteiger partial charge in [-0.2, -0.15) is 0 Å². The van der Waals surface area contributed by atoms with E-state index in [1.807, 2.05) is 41.5 Å². The van der Waals surface area contributed by atoms with Gasteiger partial charge in [-0.05, 0) is 41.5 Å². The molecule has 0 aromatic heterocycles. The standard InChI is InChI=1S/C16H26N2O6/c1-13(2,3)17-7-9-15(21,11(17)19)24-10-8-18(14(4,5)6)12(20)16(10,22)23-9/h9-10,21-22H,7-8H2,1-6H3/t9-,10-,15+,16+/m0/s1. The lowest BCUT2D eigenvalue weighted by molar-refractivity contribution is -0.377. The summed E-state index contributed by atoms with van der Waals surface area (Å²) in [6, 6.07) is 0. The third kappa shape index (κ3) is 2.20. The Kier molecular flexibility index (Phi) is 3.44. The fraction of sp³-hybridized carbons (Fsp3) is 0.875. The molecule has 3 fully saturated rings. The summed E-state index contributed by atoms with van der Waals surface area (Å²) in [6.07, 6.45) is -2.26. The van der Waals surface area contributed by atoms with Crippen LogP contribution in [0.3, 0.4) is 0 Å². The monoisotopic (exact) mass is 342 g/mol. The average Bonchev–Trinajstić information content (AvgIpc) is 2.80. The summed E-state index contributed by atoms with van der Waals surface area (Å²) in [7, 11) is 0. The van der Waals surface area contributed by atoms with Gasteiger partial charge in [0.1, 0.15) is 12.2 Å². The van der Waals surface area contributed by atoms with Crippen molar-refractivity contribution in [3.8, 4) is 0 Å². The Morgan fingerprint density at radius 3 is 1.38 bits per heavy atom. The summed E-state index contributed by atoms with van der Waals surface area (Å²) in [5, 5.41) is 21.5. The first-order valence-corrected chi connectivity index (χ1v) is 8.16. The predicted molar refractivity (Wildman–Crippen MR) is 82.6 cm³/mol. The maximum absolute atomic E-state index is 12.7. The van der Waals surface area contributed by atoms with Gasteiger partial charge in [-0.3, -0.25) is 9.59 Å². The van der Waals surface area contributed by atoms with E-state index < -0.39 is 46.7 Å². The third-order valence-corrected chi connectivity index (χ3v) is 4.94. The van der Waals surface area contributed by atoms with Crippen molar-refractivity contribution >= 4 is 11.8 Å². The number of carbonyl (C=O) groups excluding carboxylic acids is 2. The minimum Gasteiger partial charge on any atom is -0.356 e. The van der Waals surface area contributed by atoms with Crippen LogP contribution in [0.15, 0.2) is 0 Å². The molecule has 0 spiro atoms. The quantitative estimate of drug-likeness (QED) is 0.612. The van der Waals surface area contributed by atoms with Crippen LogP contribution in [0.4, 0.5) is 0 Å². The molecule has 8 heteroatoms. The van der Waals surface area contributed by atoms with Gasteiger partial charge < -0.3 is 29.5 Å². The van der Waals surface area contributed by atoms with Gasteiger partial charge in [-0.15, -0.1) is 0 Å². The Morgan fingerprint density at radius 1 is 0.833 bits per heavy atom. The van der Waals surface area contributed by atoms with Crippen LogP contribution in [-0.4, -0.2) is 79.8 Å². The molecule has 3 heterocycles. The molecular weight excluding hydrogens is 316 g/mol. The largest absolute Gasteiger partial charge is 0.356 e. The predicted octanol–water partition coefficient (Wildman–Crippen LogP) is -0.571. The minimum atomic E-state index is -2.18. The number of hydrogen-bond donors (Lipinski definition) is 2. The minimum absolute atomic E-state index is 0.0384. The van der Waals surface area contributed by atoms with Gasteiger partial charge in [0.15, 0.2) is 0 Å². The van der Waals surface area contributed by atoms with Gasteiger partial charge in [0.05, 0.1) is 13.1 Å². The van der Waals surface area contributed by atoms with Gasteiger partial charge in [-0.25, -0.2) is 0 Å². The Balaban J connectivity index is 1.93. The molecule has 0 aromatic rings. The second kappa shape index (κ2) is 4.69. The van der Waals surface area contributed by atoms with Crippen molar-refractivity contribution in [2.75, 3.05) is 13.1 Å². The van der Waals surface area contributed by atoms with E-state index in [1.165, 1.54) is 9.80 Å². The van der Waals surface area contributed by atoms with Crippen LogP contribution in [0, 0.1) is 0 Å². The molecule has 3 saturated heterocycles. The van der Waals surface area contributed by atoms with E-state index in [0.717, 1.165) is 0 Å². The van der Waals surface area contributed by atoms with Gasteiger partial charge in [0.25, 0.3) is 23.4 Å². The highest BCUT2D eigenvalue weighted by molar-refractivity contribution is 5.90. The summed E-state index contributed by atoms with van der Waals surface area (Å²) in [5.74, 6) is -5.58. The van der Waals surface area contributed by atoms with Crippen LogP contribution in [-0.2, 0) is 19.1 Å². The number of fused-ring (bicyclic) bond motifs is 2. The number of amides is 2. The molecule has 0 aromatic carbocycles. The molecule has 3 aliphatic heterocycles. The van der Waals surface area contributed by atoms with Crippen molar-refractivity contribution < 1.29 is 29.3 Å². The van der Waals surface area contributed by atoms with Crippen molar-refractivity contribution in [1.29, 1.82) is 0 Å². The van der Waals surface area contributed by atoms with Gasteiger partial charge >= 0.3 is 0 Å². The molecule has 2 N–H and O–H groups in total. The van der Waals surface area contributed by atoms with Crippen LogP contribution in [0.2, 0.25) is 0 Å². The topological polar surface area (TPSA) is 99.5 Å². The first-order valence-electron chi connectivity index (χ1n) is 8.16. The number of rotatable bonds is 0. The number of carbonyl (C=O) groups is 2. The highest BCUT2D eigenvalue weighted by Crippen LogP contribution is 2.44. The zero-order valence-corrected chi connectivity index (χ0v) is 15.0. The Morgan fingerprint density at radius 2 is 1.12 bits per heavy atom. The van der Waals surface area contributed by atoms with Gasteiger partial charge in [-0.1, -0.05) is 0 Å². The van der Waals surface area contributed by atoms with Gasteiger partial charge in [0, 0.05) is 11.1 Å². The molecule has 0 saturated carbocycles. The molecule has 3 aliphatic rings. The maximum Gasteiger partial charge on any atom is 0.286 e. The highest BCUT2D eigenvalue weighted by Gasteiger charge is 2.71. The number of aliphatic hydroxyl groups is 2. The van der Waals surface area contributed by atoms with Crippen molar-refractivity contribution in [3.63, 3.8) is 0 Å². The first-order chi connectivity index (χ1) is 10.7. The molecule has 0 aliphatic carbocycles. The van der Waals surface area contributed by atoms with Crippen LogP contribution in [0.5, 0.6) is 0 Å². The summed E-state index contributed by atoms with van der Waals surface area (Å²) >= 11 is 0. The summed E-state index contributed by atoms with van der Waals surface area (Å²) in [4.78, 5) is 28.2. The Hall–Kier alpha value is -1.22. The fourth-order valence-corrected chi connectivity index (χ4v) is 3.48. The number of ether oxygens (including phenoxy) is 2. The summed E-state index contributed by atoms with van der Waals surface area (Å²) in [5.41, 5.74) is -1.09. The fourth-order valence-electron chi connectivity index (χ4n) is 3.48. The summed E-state index contributed by atoms with van der Waals surface area (Å²) < 4.78 is 11.2. The average molecular weight is 342 g/mol. The van der Waals surface area contributed by atoms with E-state index >= 15 is 0 Å². The second-order valence-electron chi connectivity index (χ2n) is 8.78. The van der Waals surface area contributed by atoms with E-state index in [-0.39, 0.29) is 13.1 Å². The van der Waals surface area contributed by atoms with Crippen LogP contribution >= 0.6 is 0 Å². The van der Waals surface area contributed by atoms with Crippen LogP contribution in [0.1, 0.15) is 41.5 Å². The van der Waals surface area contributed by atoms with E-state index in [1.54, 1.807) is 0 Å². The van der Waals surface area contributed by atoms with E-state index in [0.29, 0.717) is 0 Å². The van der Waals surface area contributed by atoms with E-state index in [9.17, 15) is 19.8 Å². The smallest absolute Gasteiger partial charge is 0.286 e. The zero-order valence-electron chi connectivity index (χ0n) is 15.0. The van der Waals surface area contributed by atoms with E-state index in [2.05, 4.69) is 0 Å². The SMILES string of the molecule is CC(C)(C)N1C[C@@H]2O[C@@]3(O)C(=O)N(C(C)(C)C)C[C@@H]3O[C@@]2(O)C1=O. The zero-order chi connectivity index (χ0) is 18.3. The molecule has 0 unspecified atom stereocenters. The first kappa shape index (κ1) is 17.6. The lowest BCUT2D eigenvalue weighted by Crippen LogP contribution is -2.65. The molecule has 136 valence electrons. The number of likely N-dealkylation sites (tertiary alicyclic amines) is 2. The Labute approximate surface area is 141 Å². The normalized spacial score (nSPS) is 40.2. The van der Waals surface area contributed by atoms with Crippen molar-refractivity contribution in [1.82, 2.24) is 9.80 Å². The van der Waals surface area contributed by atoms with Crippen molar-refractivity contribution in [3.05, 3.63) is 0 Å². The molecule has 4 atom stereocenters. The number of nitrogens with zero attached hydrogens (tertiary/aromatic N) is 2. The van der Waals surface area contributed by atoms with Crippen molar-refractivity contribution in [2.24, 2.45) is 0 Å². The number of hydrogen-bond acceptors (Lipinski definition) is 6. The Bertz CT molecular complexity index is 542. The van der Waals surface area contributed by atoms with Crippen LogP contribution < -0.4 is 0 Å². The summed E-state index contributed by atoms with van der Waals surface area (Å²) in [6.45, 7) is 11.0. The van der Waals surface area contributed by atoms with Crippen molar-refractivity contribution in [2.45, 2.75) is 76.4 Å². The molecule has 0 radical (unpaired) electrons. The van der Waals surface area contributed by atoms with Gasteiger partial charge in [0.2, 0.25) is 0 Å². The lowest BCUT2D eigenvalue weighted by Gasteiger charge is -2.41. The molecule has 2 amide bonds. The molecule has 3 rings (SSSR count). The molecule has 24 heavy (non-hydrogen) atoms. The molecule has 0 bridgehead atoms. The van der Waals surface area contributed by atoms with Crippen LogP contribution in [0.25, 0.3) is 0 Å².